The summed E-state index contributed by atoms with van der Waals surface area (Å²) in [6, 6.07) is 10.4. The number of nitrogens with zero attached hydrogens (tertiary/aromatic N) is 2. The van der Waals surface area contributed by atoms with Gasteiger partial charge in [-0.15, -0.1) is 6.54 Å². The van der Waals surface area contributed by atoms with Crippen LogP contribution in [0.25, 0.3) is 0 Å². The molecular weight excluding hydrogens is 247 g/mol. The first kappa shape index (κ1) is 16.1. The van der Waals surface area contributed by atoms with Crippen molar-refractivity contribution in [2.45, 2.75) is 26.2 Å². The van der Waals surface area contributed by atoms with Crippen LogP contribution in [0.1, 0.15) is 25.3 Å². The Morgan fingerprint density at radius 3 is 2.61 bits per heavy atom. The van der Waals surface area contributed by atoms with E-state index in [0.717, 1.165) is 25.1 Å². The minimum Gasteiger partial charge on any atom is -0.433 e. The number of amidine groups is 1. The predicted molar refractivity (Wildman–Crippen MR) is 73.1 cm³/mol. The summed E-state index contributed by atoms with van der Waals surface area (Å²) in [6.45, 7) is 8.05. The van der Waals surface area contributed by atoms with E-state index in [4.69, 9.17) is 0 Å². The van der Waals surface area contributed by atoms with E-state index in [1.165, 1.54) is 11.3 Å². The summed E-state index contributed by atoms with van der Waals surface area (Å²) in [7, 11) is 0. The van der Waals surface area contributed by atoms with Crippen molar-refractivity contribution in [1.29, 1.82) is 0 Å². The Hall–Kier alpha value is 0.0664. The Morgan fingerprint density at radius 2 is 2.00 bits per heavy atom. The van der Waals surface area contributed by atoms with Crippen molar-refractivity contribution in [3.05, 3.63) is 49.4 Å². The molecule has 0 saturated carbocycles. The van der Waals surface area contributed by atoms with Crippen LogP contribution in [0, 0.1) is 19.4 Å². The molecule has 1 aliphatic heterocycles. The van der Waals surface area contributed by atoms with Crippen molar-refractivity contribution in [1.82, 2.24) is 0 Å². The van der Waals surface area contributed by atoms with Crippen LogP contribution in [-0.2, 0) is 6.42 Å². The van der Waals surface area contributed by atoms with Gasteiger partial charge in [-0.2, -0.15) is 6.42 Å². The van der Waals surface area contributed by atoms with Gasteiger partial charge in [0.05, 0.1) is 0 Å². The molecule has 0 aliphatic carbocycles. The van der Waals surface area contributed by atoms with Crippen LogP contribution in [0.15, 0.2) is 40.3 Å². The largest absolute Gasteiger partial charge is 1.00 e. The SMILES string of the molecule is [CH2-]CC1[CH-]N=C(CC)N=C1Cc1ccccc1.[K+]. The molecule has 0 aromatic heterocycles. The van der Waals surface area contributed by atoms with Gasteiger partial charge in [-0.1, -0.05) is 49.6 Å². The maximum Gasteiger partial charge on any atom is 1.00 e. The van der Waals surface area contributed by atoms with Crippen LogP contribution in [0.3, 0.4) is 0 Å². The molecule has 0 N–H and O–H groups in total. The number of hydrogen-bond acceptors (Lipinski definition) is 2. The van der Waals surface area contributed by atoms with Crippen molar-refractivity contribution >= 4 is 11.5 Å². The molecule has 90 valence electrons. The third-order valence-electron chi connectivity index (χ3n) is 2.96. The number of hydrogen-bond donors (Lipinski definition) is 0. The van der Waals surface area contributed by atoms with E-state index in [1.807, 2.05) is 12.6 Å². The van der Waals surface area contributed by atoms with Gasteiger partial charge in [-0.05, 0) is 17.1 Å². The summed E-state index contributed by atoms with van der Waals surface area (Å²) >= 11 is 0. The smallest absolute Gasteiger partial charge is 0.433 e. The molecule has 18 heavy (non-hydrogen) atoms. The van der Waals surface area contributed by atoms with Gasteiger partial charge >= 0.3 is 51.4 Å². The van der Waals surface area contributed by atoms with Gasteiger partial charge in [0.15, 0.2) is 0 Å². The fourth-order valence-corrected chi connectivity index (χ4v) is 1.93. The van der Waals surface area contributed by atoms with Crippen molar-refractivity contribution in [2.75, 3.05) is 0 Å². The molecule has 0 fully saturated rings. The number of aliphatic imine (C=N–C) groups is 2. The Bertz CT molecular complexity index is 423. The molecule has 2 nitrogen and oxygen atoms in total. The molecule has 3 heteroatoms. The van der Waals surface area contributed by atoms with Crippen molar-refractivity contribution in [3.63, 3.8) is 0 Å². The average molecular weight is 265 g/mol. The first-order chi connectivity index (χ1) is 8.33. The van der Waals surface area contributed by atoms with Crippen LogP contribution >= 0.6 is 0 Å². The monoisotopic (exact) mass is 265 g/mol. The molecule has 2 rings (SSSR count). The van der Waals surface area contributed by atoms with Crippen LogP contribution in [-0.4, -0.2) is 11.5 Å². The van der Waals surface area contributed by atoms with Gasteiger partial charge in [-0.25, -0.2) is 0 Å². The third kappa shape index (κ3) is 4.32. The van der Waals surface area contributed by atoms with Gasteiger partial charge < -0.3 is 16.9 Å². The summed E-state index contributed by atoms with van der Waals surface area (Å²) < 4.78 is 0. The molecule has 0 bridgehead atoms. The van der Waals surface area contributed by atoms with E-state index in [9.17, 15) is 0 Å². The molecule has 0 spiro atoms. The van der Waals surface area contributed by atoms with Gasteiger partial charge in [-0.3, -0.25) is 0 Å². The first-order valence-corrected chi connectivity index (χ1v) is 6.14. The van der Waals surface area contributed by atoms with Crippen molar-refractivity contribution < 1.29 is 51.4 Å². The first-order valence-electron chi connectivity index (χ1n) is 6.14. The Labute approximate surface area is 152 Å². The third-order valence-corrected chi connectivity index (χ3v) is 2.96. The van der Waals surface area contributed by atoms with E-state index >= 15 is 0 Å². The van der Waals surface area contributed by atoms with Crippen LogP contribution in [0.4, 0.5) is 0 Å². The van der Waals surface area contributed by atoms with Gasteiger partial charge in [0.2, 0.25) is 0 Å². The minimum absolute atomic E-state index is 0. The second kappa shape index (κ2) is 8.28. The number of benzene rings is 1. The molecule has 1 aromatic rings. The van der Waals surface area contributed by atoms with Gasteiger partial charge in [0.25, 0.3) is 0 Å². The molecule has 0 radical (unpaired) electrons. The maximum atomic E-state index is 4.64. The molecule has 1 atom stereocenters. The Kier molecular flexibility index (Phi) is 7.42. The van der Waals surface area contributed by atoms with Gasteiger partial charge in [0, 0.05) is 6.42 Å². The zero-order valence-corrected chi connectivity index (χ0v) is 14.4. The fourth-order valence-electron chi connectivity index (χ4n) is 1.93. The summed E-state index contributed by atoms with van der Waals surface area (Å²) in [5.41, 5.74) is 2.49. The molecular formula is C15H18KN2-. The normalized spacial score (nSPS) is 18.2. The van der Waals surface area contributed by atoms with E-state index in [-0.39, 0.29) is 51.4 Å². The molecule has 1 unspecified atom stereocenters. The van der Waals surface area contributed by atoms with Crippen LogP contribution < -0.4 is 51.4 Å². The maximum absolute atomic E-state index is 4.64. The van der Waals surface area contributed by atoms with Crippen molar-refractivity contribution in [2.24, 2.45) is 15.9 Å². The summed E-state index contributed by atoms with van der Waals surface area (Å²) in [4.78, 5) is 9.00. The standard InChI is InChI=1S/C15H18N2.K/c1-3-13-11-16-15(4-2)17-14(13)10-12-8-6-5-7-9-12;/h5-9,11,13H,1,3-4,10H2,2H3;/q-2;+1. The zero-order valence-electron chi connectivity index (χ0n) is 11.3. The molecule has 1 aliphatic rings. The Balaban J connectivity index is 0.00000162. The molecule has 1 heterocycles. The minimum atomic E-state index is 0. The molecule has 0 saturated heterocycles. The van der Waals surface area contributed by atoms with E-state index < -0.39 is 0 Å². The number of rotatable bonds is 4. The summed E-state index contributed by atoms with van der Waals surface area (Å²) in [5, 5.41) is 0. The zero-order chi connectivity index (χ0) is 12.1. The second-order valence-electron chi connectivity index (χ2n) is 4.21. The van der Waals surface area contributed by atoms with Crippen LogP contribution in [0.2, 0.25) is 0 Å². The summed E-state index contributed by atoms with van der Waals surface area (Å²) in [6.07, 6.45) is 2.61. The molecule has 1 aromatic carbocycles. The summed E-state index contributed by atoms with van der Waals surface area (Å²) in [5.74, 6) is 1.23. The predicted octanol–water partition coefficient (Wildman–Crippen LogP) is 0.498. The van der Waals surface area contributed by atoms with E-state index in [1.54, 1.807) is 0 Å². The fraction of sp³-hybridized carbons (Fsp3) is 0.333. The topological polar surface area (TPSA) is 24.7 Å². The van der Waals surface area contributed by atoms with Crippen LogP contribution in [0.5, 0.6) is 0 Å². The van der Waals surface area contributed by atoms with E-state index in [0.29, 0.717) is 5.92 Å². The average Bonchev–Trinajstić information content (AvgIpc) is 2.40. The Morgan fingerprint density at radius 1 is 1.28 bits per heavy atom. The molecule has 0 amide bonds. The van der Waals surface area contributed by atoms with E-state index in [2.05, 4.69) is 48.1 Å². The second-order valence-corrected chi connectivity index (χ2v) is 4.21. The van der Waals surface area contributed by atoms with Gasteiger partial charge in [0.1, 0.15) is 0 Å². The quantitative estimate of drug-likeness (QED) is 0.559. The van der Waals surface area contributed by atoms with Crippen molar-refractivity contribution in [3.8, 4) is 0 Å².